The summed E-state index contributed by atoms with van der Waals surface area (Å²) in [6, 6.07) is 11.2. The Bertz CT molecular complexity index is 1650. The second kappa shape index (κ2) is 12.4. The predicted molar refractivity (Wildman–Crippen MR) is 156 cm³/mol. The maximum atomic E-state index is 13.1. The number of nitro benzene ring substituents is 2. The van der Waals surface area contributed by atoms with Gasteiger partial charge in [0.1, 0.15) is 0 Å². The van der Waals surface area contributed by atoms with Crippen molar-refractivity contribution in [2.75, 3.05) is 12.4 Å². The van der Waals surface area contributed by atoms with Crippen molar-refractivity contribution in [2.24, 2.45) is 0 Å². The lowest BCUT2D eigenvalue weighted by molar-refractivity contribution is -0.394. The summed E-state index contributed by atoms with van der Waals surface area (Å²) < 4.78 is 11.2. The van der Waals surface area contributed by atoms with E-state index in [4.69, 9.17) is 44.9 Å². The number of thiocarbonyl (C=S) groups is 1. The Labute approximate surface area is 250 Å². The van der Waals surface area contributed by atoms with Crippen LogP contribution in [0.2, 0.25) is 10.0 Å². The number of hydrogen-bond donors (Lipinski definition) is 2. The van der Waals surface area contributed by atoms with E-state index in [1.165, 1.54) is 37.5 Å². The van der Waals surface area contributed by atoms with E-state index in [2.05, 4.69) is 10.7 Å². The molecule has 1 aliphatic heterocycles. The van der Waals surface area contributed by atoms with E-state index in [0.717, 1.165) is 35.0 Å². The quantitative estimate of drug-likeness (QED) is 0.120. The number of hydrogen-bond acceptors (Lipinski definition) is 10. The number of urea groups is 1. The molecule has 3 amide bonds. The van der Waals surface area contributed by atoms with Crippen molar-refractivity contribution in [1.29, 1.82) is 0 Å². The number of nitrogens with one attached hydrogen (secondary N) is 2. The van der Waals surface area contributed by atoms with Crippen LogP contribution in [-0.4, -0.2) is 38.2 Å². The average Bonchev–Trinajstić information content (AvgIpc) is 3.18. The third kappa shape index (κ3) is 6.66. The van der Waals surface area contributed by atoms with Gasteiger partial charge in [-0.3, -0.25) is 25.0 Å². The predicted octanol–water partition coefficient (Wildman–Crippen LogP) is 6.55. The van der Waals surface area contributed by atoms with Gasteiger partial charge in [0.2, 0.25) is 5.75 Å². The number of amides is 3. The van der Waals surface area contributed by atoms with Crippen molar-refractivity contribution < 1.29 is 28.9 Å². The maximum Gasteiger partial charge on any atom is 0.338 e. The van der Waals surface area contributed by atoms with Crippen LogP contribution >= 0.6 is 47.2 Å². The molecule has 41 heavy (non-hydrogen) atoms. The molecule has 1 heterocycles. The first-order chi connectivity index (χ1) is 19.5. The largest absolute Gasteiger partial charge is 0.493 e. The number of hydrazine groups is 1. The van der Waals surface area contributed by atoms with Crippen molar-refractivity contribution in [1.82, 2.24) is 10.4 Å². The average molecular weight is 636 g/mol. The van der Waals surface area contributed by atoms with Crippen molar-refractivity contribution in [3.63, 3.8) is 0 Å². The molecule has 0 aromatic heterocycles. The molecule has 0 atom stereocenters. The molecule has 0 radical (unpaired) electrons. The van der Waals surface area contributed by atoms with Gasteiger partial charge in [-0.25, -0.2) is 10.2 Å². The minimum Gasteiger partial charge on any atom is -0.493 e. The first-order valence-electron chi connectivity index (χ1n) is 11.1. The van der Waals surface area contributed by atoms with E-state index in [9.17, 15) is 29.8 Å². The molecule has 1 saturated heterocycles. The SMILES string of the molecule is COc1cccc(/C=C2/SC(=S)N(NC(=O)Nc3ccc(Cl)c(Cl)c3)C2=O)c1Oc1ccc([N+](=O)[O-])cc1[N+](=O)[O-]. The fourth-order valence-corrected chi connectivity index (χ4v) is 4.88. The van der Waals surface area contributed by atoms with E-state index >= 15 is 0 Å². The van der Waals surface area contributed by atoms with E-state index in [-0.39, 0.29) is 37.1 Å². The van der Waals surface area contributed by atoms with Gasteiger partial charge in [0.25, 0.3) is 11.6 Å². The minimum atomic E-state index is -0.822. The Kier molecular flexibility index (Phi) is 8.92. The molecule has 0 unspecified atom stereocenters. The standard InChI is InChI=1S/C24H15Cl2N5O8S2/c1-38-19-4-2-3-12(21(19)39-18-8-6-14(30(34)35)11-17(18)31(36)37)9-20-22(32)29(24(40)41-20)28-23(33)27-13-5-7-15(25)16(26)10-13/h2-11H,1H3,(H2,27,28,33)/b20-9+. The summed E-state index contributed by atoms with van der Waals surface area (Å²) in [4.78, 5) is 46.8. The number of methoxy groups -OCH3 is 1. The highest BCUT2D eigenvalue weighted by Crippen LogP contribution is 2.42. The number of rotatable bonds is 8. The highest BCUT2D eigenvalue weighted by molar-refractivity contribution is 8.26. The number of nitrogens with zero attached hydrogens (tertiary/aromatic N) is 3. The second-order valence-corrected chi connectivity index (χ2v) is 10.3. The first kappa shape index (κ1) is 29.5. The van der Waals surface area contributed by atoms with Crippen LogP contribution in [-0.2, 0) is 4.79 Å². The molecule has 210 valence electrons. The van der Waals surface area contributed by atoms with E-state index in [1.54, 1.807) is 12.1 Å². The Morgan fingerprint density at radius 1 is 1.05 bits per heavy atom. The third-order valence-corrected chi connectivity index (χ3v) is 7.30. The van der Waals surface area contributed by atoms with E-state index in [0.29, 0.717) is 10.7 Å². The molecule has 3 aromatic rings. The summed E-state index contributed by atoms with van der Waals surface area (Å²) in [5, 5.41) is 26.6. The molecular formula is C24H15Cl2N5O8S2. The summed E-state index contributed by atoms with van der Waals surface area (Å²) in [5.74, 6) is -0.823. The van der Waals surface area contributed by atoms with Crippen LogP contribution in [0.3, 0.4) is 0 Å². The van der Waals surface area contributed by atoms with Crippen molar-refractivity contribution in [2.45, 2.75) is 0 Å². The molecule has 1 aliphatic rings. The Morgan fingerprint density at radius 2 is 1.80 bits per heavy atom. The first-order valence-corrected chi connectivity index (χ1v) is 13.0. The zero-order valence-electron chi connectivity index (χ0n) is 20.5. The third-order valence-electron chi connectivity index (χ3n) is 5.26. The number of anilines is 1. The van der Waals surface area contributed by atoms with Gasteiger partial charge >= 0.3 is 11.7 Å². The van der Waals surface area contributed by atoms with Gasteiger partial charge < -0.3 is 14.8 Å². The second-order valence-electron chi connectivity index (χ2n) is 7.86. The summed E-state index contributed by atoms with van der Waals surface area (Å²) in [5.41, 5.74) is 1.79. The number of ether oxygens (including phenoxy) is 2. The fraction of sp³-hybridized carbons (Fsp3) is 0.0417. The van der Waals surface area contributed by atoms with Gasteiger partial charge in [-0.1, -0.05) is 47.1 Å². The highest BCUT2D eigenvalue weighted by atomic mass is 35.5. The monoisotopic (exact) mass is 635 g/mol. The molecular weight excluding hydrogens is 621 g/mol. The summed E-state index contributed by atoms with van der Waals surface area (Å²) in [6.45, 7) is 0. The van der Waals surface area contributed by atoms with Crippen LogP contribution < -0.4 is 20.2 Å². The number of halogens is 2. The molecule has 3 aromatic carbocycles. The summed E-state index contributed by atoms with van der Waals surface area (Å²) in [7, 11) is 1.34. The van der Waals surface area contributed by atoms with Crippen LogP contribution in [0.15, 0.2) is 59.5 Å². The Hall–Kier alpha value is -4.44. The van der Waals surface area contributed by atoms with E-state index in [1.807, 2.05) is 0 Å². The lowest BCUT2D eigenvalue weighted by Gasteiger charge is -2.16. The molecule has 4 rings (SSSR count). The number of carbonyl (C=O) groups excluding carboxylic acids is 2. The molecule has 0 saturated carbocycles. The molecule has 2 N–H and O–H groups in total. The van der Waals surface area contributed by atoms with Crippen LogP contribution in [0.5, 0.6) is 17.2 Å². The fourth-order valence-electron chi connectivity index (χ4n) is 3.41. The Morgan fingerprint density at radius 3 is 2.46 bits per heavy atom. The number of benzene rings is 3. The van der Waals surface area contributed by atoms with Crippen molar-refractivity contribution >= 4 is 86.6 Å². The molecule has 0 spiro atoms. The van der Waals surface area contributed by atoms with Gasteiger partial charge in [0.15, 0.2) is 15.8 Å². The van der Waals surface area contributed by atoms with Gasteiger partial charge in [-0.15, -0.1) is 0 Å². The van der Waals surface area contributed by atoms with Gasteiger partial charge in [0.05, 0.1) is 38.0 Å². The number of non-ortho nitro benzene ring substituents is 1. The number of carbonyl (C=O) groups is 2. The number of thioether (sulfide) groups is 1. The van der Waals surface area contributed by atoms with Gasteiger partial charge in [0, 0.05) is 17.3 Å². The normalized spacial score (nSPS) is 13.7. The van der Waals surface area contributed by atoms with Crippen LogP contribution in [0.25, 0.3) is 6.08 Å². The highest BCUT2D eigenvalue weighted by Gasteiger charge is 2.34. The number of nitro groups is 2. The van der Waals surface area contributed by atoms with Crippen molar-refractivity contribution in [3.8, 4) is 17.2 Å². The zero-order valence-corrected chi connectivity index (χ0v) is 23.6. The summed E-state index contributed by atoms with van der Waals surface area (Å²) in [6.07, 6.45) is 1.40. The zero-order chi connectivity index (χ0) is 29.8. The smallest absolute Gasteiger partial charge is 0.338 e. The molecule has 17 heteroatoms. The van der Waals surface area contributed by atoms with E-state index < -0.39 is 33.2 Å². The van der Waals surface area contributed by atoms with Crippen LogP contribution in [0.1, 0.15) is 5.56 Å². The van der Waals surface area contributed by atoms with Gasteiger partial charge in [-0.05, 0) is 48.6 Å². The lowest BCUT2D eigenvalue weighted by atomic mass is 10.1. The van der Waals surface area contributed by atoms with Crippen LogP contribution in [0.4, 0.5) is 21.9 Å². The summed E-state index contributed by atoms with van der Waals surface area (Å²) >= 11 is 18.0. The van der Waals surface area contributed by atoms with Crippen molar-refractivity contribution in [3.05, 3.63) is 95.3 Å². The molecule has 0 bridgehead atoms. The molecule has 1 fully saturated rings. The minimum absolute atomic E-state index is 0.0115. The number of para-hydroxylation sites is 1. The topological polar surface area (TPSA) is 166 Å². The Balaban J connectivity index is 1.60. The maximum absolute atomic E-state index is 13.1. The molecule has 13 nitrogen and oxygen atoms in total. The lowest BCUT2D eigenvalue weighted by Crippen LogP contribution is -2.46. The van der Waals surface area contributed by atoms with Gasteiger partial charge in [-0.2, -0.15) is 5.01 Å². The molecule has 0 aliphatic carbocycles. The van der Waals surface area contributed by atoms with Crippen LogP contribution in [0, 0.1) is 20.2 Å².